The summed E-state index contributed by atoms with van der Waals surface area (Å²) in [5.41, 5.74) is -0.698. The van der Waals surface area contributed by atoms with Crippen molar-refractivity contribution in [2.75, 3.05) is 6.54 Å². The van der Waals surface area contributed by atoms with Crippen molar-refractivity contribution in [3.8, 4) is 0 Å². The van der Waals surface area contributed by atoms with Crippen LogP contribution in [0.5, 0.6) is 0 Å². The molecule has 0 bridgehead atoms. The summed E-state index contributed by atoms with van der Waals surface area (Å²) < 4.78 is 37.9. The minimum atomic E-state index is -4.46. The van der Waals surface area contributed by atoms with Gasteiger partial charge in [0.05, 0.1) is 11.7 Å². The van der Waals surface area contributed by atoms with Crippen LogP contribution in [0.2, 0.25) is 0 Å². The number of aliphatic hydroxyl groups is 1. The van der Waals surface area contributed by atoms with Crippen LogP contribution in [0.4, 0.5) is 13.2 Å². The maximum absolute atomic E-state index is 12.6. The van der Waals surface area contributed by atoms with Crippen LogP contribution in [0.1, 0.15) is 28.5 Å². The molecule has 124 valence electrons. The van der Waals surface area contributed by atoms with Crippen LogP contribution in [-0.2, 0) is 17.4 Å². The second-order valence-electron chi connectivity index (χ2n) is 5.02. The molecule has 2 aromatic rings. The molecule has 1 heterocycles. The average Bonchev–Trinajstić information content (AvgIpc) is 3.03. The number of halogens is 3. The van der Waals surface area contributed by atoms with Gasteiger partial charge in [-0.1, -0.05) is 18.2 Å². The highest BCUT2D eigenvalue weighted by molar-refractivity contribution is 7.09. The van der Waals surface area contributed by atoms with Crippen molar-refractivity contribution in [1.29, 1.82) is 0 Å². The lowest BCUT2D eigenvalue weighted by Crippen LogP contribution is -2.28. The number of carbonyl (C=O) groups is 1. The Kier molecular flexibility index (Phi) is 5.79. The van der Waals surface area contributed by atoms with Crippen molar-refractivity contribution in [3.63, 3.8) is 0 Å². The van der Waals surface area contributed by atoms with Gasteiger partial charge in [0.25, 0.3) is 0 Å². The van der Waals surface area contributed by atoms with E-state index >= 15 is 0 Å². The second-order valence-corrected chi connectivity index (χ2v) is 6.05. The molecular weight excluding hydrogens is 327 g/mol. The summed E-state index contributed by atoms with van der Waals surface area (Å²) in [6.45, 7) is -0.120. The fraction of sp³-hybridized carbons (Fsp3) is 0.312. The van der Waals surface area contributed by atoms with Gasteiger partial charge in [-0.15, -0.1) is 11.3 Å². The maximum Gasteiger partial charge on any atom is 0.416 e. The summed E-state index contributed by atoms with van der Waals surface area (Å²) >= 11 is 1.55. The lowest BCUT2D eigenvalue weighted by molar-refractivity contribution is -0.137. The Labute approximate surface area is 135 Å². The zero-order chi connectivity index (χ0) is 16.9. The van der Waals surface area contributed by atoms with Crippen LogP contribution < -0.4 is 5.32 Å². The van der Waals surface area contributed by atoms with Crippen molar-refractivity contribution < 1.29 is 23.1 Å². The zero-order valence-electron chi connectivity index (χ0n) is 12.1. The summed E-state index contributed by atoms with van der Waals surface area (Å²) in [6.07, 6.45) is -4.76. The van der Waals surface area contributed by atoms with E-state index in [4.69, 9.17) is 0 Å². The van der Waals surface area contributed by atoms with Gasteiger partial charge in [-0.25, -0.2) is 0 Å². The first-order valence-electron chi connectivity index (χ1n) is 7.00. The van der Waals surface area contributed by atoms with Crippen LogP contribution in [0, 0.1) is 0 Å². The monoisotopic (exact) mass is 343 g/mol. The molecule has 3 nitrogen and oxygen atoms in total. The first-order valence-corrected chi connectivity index (χ1v) is 7.88. The molecule has 1 amide bonds. The number of carbonyl (C=O) groups excluding carboxylic acids is 1. The van der Waals surface area contributed by atoms with Crippen LogP contribution in [0.25, 0.3) is 0 Å². The molecule has 0 spiro atoms. The summed E-state index contributed by atoms with van der Waals surface area (Å²) in [7, 11) is 0. The van der Waals surface area contributed by atoms with Crippen molar-refractivity contribution >= 4 is 17.2 Å². The summed E-state index contributed by atoms with van der Waals surface area (Å²) in [6, 6.07) is 8.29. The number of benzene rings is 1. The van der Waals surface area contributed by atoms with Gasteiger partial charge >= 0.3 is 6.18 Å². The molecule has 1 atom stereocenters. The lowest BCUT2D eigenvalue weighted by atomic mass is 10.1. The van der Waals surface area contributed by atoms with E-state index in [1.807, 2.05) is 17.5 Å². The van der Waals surface area contributed by atoms with Gasteiger partial charge < -0.3 is 10.4 Å². The van der Waals surface area contributed by atoms with Crippen LogP contribution in [0.3, 0.4) is 0 Å². The number of hydrogen-bond donors (Lipinski definition) is 2. The van der Waals surface area contributed by atoms with E-state index in [1.165, 1.54) is 12.1 Å². The SMILES string of the molecule is O=C(CCc1cccs1)NC[C@@H](O)c1cccc(C(F)(F)F)c1. The molecule has 0 aliphatic rings. The summed E-state index contributed by atoms with van der Waals surface area (Å²) in [5.74, 6) is -0.246. The number of amides is 1. The van der Waals surface area contributed by atoms with Crippen LogP contribution in [0.15, 0.2) is 41.8 Å². The molecule has 1 aromatic carbocycles. The normalized spacial score (nSPS) is 12.9. The lowest BCUT2D eigenvalue weighted by Gasteiger charge is -2.14. The Morgan fingerprint density at radius 2 is 2.04 bits per heavy atom. The minimum Gasteiger partial charge on any atom is -0.387 e. The number of hydrogen-bond acceptors (Lipinski definition) is 3. The minimum absolute atomic E-state index is 0.120. The molecule has 1 aromatic heterocycles. The first kappa shape index (κ1) is 17.5. The van der Waals surface area contributed by atoms with Gasteiger partial charge in [0.1, 0.15) is 0 Å². The van der Waals surface area contributed by atoms with Gasteiger partial charge in [0.2, 0.25) is 5.91 Å². The maximum atomic E-state index is 12.6. The van der Waals surface area contributed by atoms with Crippen LogP contribution in [-0.4, -0.2) is 17.6 Å². The van der Waals surface area contributed by atoms with Gasteiger partial charge in [0, 0.05) is 17.8 Å². The molecule has 0 saturated carbocycles. The number of thiophene rings is 1. The van der Waals surface area contributed by atoms with Gasteiger partial charge in [-0.05, 0) is 35.6 Å². The van der Waals surface area contributed by atoms with E-state index < -0.39 is 17.8 Å². The third-order valence-corrected chi connectivity index (χ3v) is 4.21. The Morgan fingerprint density at radius 3 is 2.70 bits per heavy atom. The molecule has 7 heteroatoms. The highest BCUT2D eigenvalue weighted by atomic mass is 32.1. The number of aryl methyl sites for hydroxylation is 1. The van der Waals surface area contributed by atoms with Gasteiger partial charge in [-0.2, -0.15) is 13.2 Å². The predicted molar refractivity (Wildman–Crippen MR) is 82.1 cm³/mol. The summed E-state index contributed by atoms with van der Waals surface area (Å²) in [4.78, 5) is 12.8. The van der Waals surface area contributed by atoms with Gasteiger partial charge in [0.15, 0.2) is 0 Å². The highest BCUT2D eigenvalue weighted by Crippen LogP contribution is 2.30. The topological polar surface area (TPSA) is 49.3 Å². The largest absolute Gasteiger partial charge is 0.416 e. The molecule has 2 rings (SSSR count). The highest BCUT2D eigenvalue weighted by Gasteiger charge is 2.30. The number of aliphatic hydroxyl groups excluding tert-OH is 1. The number of nitrogens with one attached hydrogen (secondary N) is 1. The fourth-order valence-corrected chi connectivity index (χ4v) is 2.74. The first-order chi connectivity index (χ1) is 10.9. The zero-order valence-corrected chi connectivity index (χ0v) is 13.0. The smallest absolute Gasteiger partial charge is 0.387 e. The van der Waals surface area contributed by atoms with E-state index in [0.29, 0.717) is 6.42 Å². The number of alkyl halides is 3. The molecule has 0 aliphatic heterocycles. The molecule has 0 saturated heterocycles. The molecule has 0 aliphatic carbocycles. The second kappa shape index (κ2) is 7.61. The molecule has 0 unspecified atom stereocenters. The molecule has 0 fully saturated rings. The number of rotatable bonds is 6. The van der Waals surface area contributed by atoms with Crippen LogP contribution >= 0.6 is 11.3 Å². The Balaban J connectivity index is 1.84. The van der Waals surface area contributed by atoms with Crippen molar-refractivity contribution in [2.24, 2.45) is 0 Å². The van der Waals surface area contributed by atoms with E-state index in [-0.39, 0.29) is 24.4 Å². The quantitative estimate of drug-likeness (QED) is 0.843. The van der Waals surface area contributed by atoms with Crippen molar-refractivity contribution in [1.82, 2.24) is 5.32 Å². The molecule has 2 N–H and O–H groups in total. The molecular formula is C16H16F3NO2S. The van der Waals surface area contributed by atoms with E-state index in [0.717, 1.165) is 17.0 Å². The Hall–Kier alpha value is -1.86. The van der Waals surface area contributed by atoms with Crippen molar-refractivity contribution in [2.45, 2.75) is 25.1 Å². The molecule has 0 radical (unpaired) electrons. The standard InChI is InChI=1S/C16H16F3NO2S/c17-16(18,19)12-4-1-3-11(9-12)14(21)10-20-15(22)7-6-13-5-2-8-23-13/h1-5,8-9,14,21H,6-7,10H2,(H,20,22)/t14-/m1/s1. The Bertz CT molecular complexity index is 641. The Morgan fingerprint density at radius 1 is 1.26 bits per heavy atom. The van der Waals surface area contributed by atoms with E-state index in [1.54, 1.807) is 11.3 Å². The average molecular weight is 343 g/mol. The van der Waals surface area contributed by atoms with Crippen molar-refractivity contribution in [3.05, 3.63) is 57.8 Å². The fourth-order valence-electron chi connectivity index (χ4n) is 2.03. The summed E-state index contributed by atoms with van der Waals surface area (Å²) in [5, 5.41) is 14.4. The predicted octanol–water partition coefficient (Wildman–Crippen LogP) is 3.55. The van der Waals surface area contributed by atoms with Gasteiger partial charge in [-0.3, -0.25) is 4.79 Å². The van der Waals surface area contributed by atoms with E-state index in [9.17, 15) is 23.1 Å². The third-order valence-electron chi connectivity index (χ3n) is 3.27. The van der Waals surface area contributed by atoms with E-state index in [2.05, 4.69) is 5.32 Å². The molecule has 23 heavy (non-hydrogen) atoms. The third kappa shape index (κ3) is 5.37.